The molecule has 0 aliphatic heterocycles. The first-order valence-electron chi connectivity index (χ1n) is 6.45. The minimum absolute atomic E-state index is 0.0270. The Bertz CT molecular complexity index is 594. The number of rotatable bonds is 2. The van der Waals surface area contributed by atoms with Crippen LogP contribution in [0.4, 0.5) is 11.4 Å². The van der Waals surface area contributed by atoms with Crippen molar-refractivity contribution in [1.29, 1.82) is 0 Å². The Morgan fingerprint density at radius 2 is 1.81 bits per heavy atom. The van der Waals surface area contributed by atoms with E-state index in [1.807, 2.05) is 27.7 Å². The van der Waals surface area contributed by atoms with Gasteiger partial charge in [0, 0.05) is 11.1 Å². The van der Waals surface area contributed by atoms with Crippen LogP contribution in [0.5, 0.6) is 0 Å². The molecule has 0 aromatic heterocycles. The molecule has 114 valence electrons. The van der Waals surface area contributed by atoms with E-state index in [9.17, 15) is 4.79 Å². The lowest BCUT2D eigenvalue weighted by molar-refractivity contribution is -0.123. The third kappa shape index (κ3) is 5.13. The molecule has 1 aromatic carbocycles. The number of guanidine groups is 2. The Labute approximate surface area is 124 Å². The predicted octanol–water partition coefficient (Wildman–Crippen LogP) is 1.20. The van der Waals surface area contributed by atoms with Gasteiger partial charge in [-0.3, -0.25) is 4.79 Å². The maximum atomic E-state index is 12.0. The Morgan fingerprint density at radius 3 is 2.29 bits per heavy atom. The van der Waals surface area contributed by atoms with E-state index in [1.165, 1.54) is 0 Å². The number of carbonyl (C=O) groups is 1. The van der Waals surface area contributed by atoms with E-state index >= 15 is 0 Å². The van der Waals surface area contributed by atoms with Crippen molar-refractivity contribution < 1.29 is 4.79 Å². The largest absolute Gasteiger partial charge is 0.370 e. The minimum Gasteiger partial charge on any atom is -0.370 e. The van der Waals surface area contributed by atoms with Gasteiger partial charge in [0.25, 0.3) is 0 Å². The molecule has 1 amide bonds. The molecule has 21 heavy (non-hydrogen) atoms. The highest BCUT2D eigenvalue weighted by Gasteiger charge is 2.21. The fourth-order valence-electron chi connectivity index (χ4n) is 1.46. The van der Waals surface area contributed by atoms with E-state index in [1.54, 1.807) is 18.2 Å². The third-order valence-electron chi connectivity index (χ3n) is 2.63. The summed E-state index contributed by atoms with van der Waals surface area (Å²) >= 11 is 0. The monoisotopic (exact) mass is 290 g/mol. The fraction of sp³-hybridized carbons (Fsp3) is 0.357. The van der Waals surface area contributed by atoms with Crippen LogP contribution in [0.1, 0.15) is 26.3 Å². The number of anilines is 1. The number of nitrogens with two attached hydrogens (primary N) is 3. The van der Waals surface area contributed by atoms with E-state index < -0.39 is 5.41 Å². The zero-order chi connectivity index (χ0) is 16.2. The van der Waals surface area contributed by atoms with Gasteiger partial charge in [-0.1, -0.05) is 20.8 Å². The van der Waals surface area contributed by atoms with Crippen LogP contribution >= 0.6 is 0 Å². The van der Waals surface area contributed by atoms with Crippen LogP contribution in [-0.4, -0.2) is 17.8 Å². The van der Waals surface area contributed by atoms with Gasteiger partial charge >= 0.3 is 0 Å². The summed E-state index contributed by atoms with van der Waals surface area (Å²) in [6.07, 6.45) is 0. The summed E-state index contributed by atoms with van der Waals surface area (Å²) in [5, 5.41) is 2.88. The lowest BCUT2D eigenvalue weighted by atomic mass is 9.95. The van der Waals surface area contributed by atoms with Crippen LogP contribution in [0.25, 0.3) is 0 Å². The maximum absolute atomic E-state index is 12.0. The van der Waals surface area contributed by atoms with Crippen LogP contribution in [0.3, 0.4) is 0 Å². The molecule has 0 heterocycles. The van der Waals surface area contributed by atoms with E-state index in [2.05, 4.69) is 15.3 Å². The van der Waals surface area contributed by atoms with Gasteiger partial charge in [0.15, 0.2) is 5.96 Å². The number of amides is 1. The van der Waals surface area contributed by atoms with Gasteiger partial charge in [-0.05, 0) is 30.7 Å². The number of hydrogen-bond acceptors (Lipinski definition) is 2. The summed E-state index contributed by atoms with van der Waals surface area (Å²) in [5.41, 5.74) is 17.7. The van der Waals surface area contributed by atoms with E-state index in [0.29, 0.717) is 5.69 Å². The van der Waals surface area contributed by atoms with Gasteiger partial charge in [0.1, 0.15) is 0 Å². The molecule has 0 unspecified atom stereocenters. The van der Waals surface area contributed by atoms with E-state index in [0.717, 1.165) is 11.3 Å². The summed E-state index contributed by atoms with van der Waals surface area (Å²) in [4.78, 5) is 19.7. The quantitative estimate of drug-likeness (QED) is 0.481. The number of carbonyl (C=O) groups excluding carboxylic acids is 1. The lowest BCUT2D eigenvalue weighted by Crippen LogP contribution is -2.27. The molecule has 1 aromatic rings. The van der Waals surface area contributed by atoms with Crippen molar-refractivity contribution in [3.8, 4) is 0 Å². The van der Waals surface area contributed by atoms with Crippen molar-refractivity contribution in [3.05, 3.63) is 23.8 Å². The fourth-order valence-corrected chi connectivity index (χ4v) is 1.46. The molecule has 0 aliphatic rings. The molecule has 7 heteroatoms. The summed E-state index contributed by atoms with van der Waals surface area (Å²) in [6.45, 7) is 7.43. The van der Waals surface area contributed by atoms with Gasteiger partial charge in [0.05, 0.1) is 5.69 Å². The molecule has 0 radical (unpaired) electrons. The van der Waals surface area contributed by atoms with Crippen LogP contribution in [0, 0.1) is 12.3 Å². The third-order valence-corrected chi connectivity index (χ3v) is 2.63. The second-order valence-electron chi connectivity index (χ2n) is 5.71. The van der Waals surface area contributed by atoms with Gasteiger partial charge in [-0.15, -0.1) is 0 Å². The van der Waals surface area contributed by atoms with E-state index in [4.69, 9.17) is 17.2 Å². The van der Waals surface area contributed by atoms with E-state index in [-0.39, 0.29) is 17.8 Å². The van der Waals surface area contributed by atoms with Crippen molar-refractivity contribution in [2.75, 3.05) is 5.32 Å². The molecule has 0 saturated heterocycles. The van der Waals surface area contributed by atoms with Gasteiger partial charge in [-0.25, -0.2) is 4.99 Å². The zero-order valence-corrected chi connectivity index (χ0v) is 12.8. The molecule has 0 spiro atoms. The Hall–Kier alpha value is -2.57. The highest BCUT2D eigenvalue weighted by molar-refractivity contribution is 5.96. The zero-order valence-electron chi connectivity index (χ0n) is 12.8. The van der Waals surface area contributed by atoms with Crippen LogP contribution in [0.2, 0.25) is 0 Å². The standard InChI is InChI=1S/C14H22N6O/c1-8-7-9(18-13(17)20-12(15)16)5-6-10(8)19-11(21)14(2,3)4/h5-7H,1-4H3,(H,19,21)(H6,15,16,17,18,20). The summed E-state index contributed by atoms with van der Waals surface area (Å²) in [5.74, 6) is -0.232. The Balaban J connectivity index is 2.96. The first-order chi connectivity index (χ1) is 9.59. The number of benzene rings is 1. The lowest BCUT2D eigenvalue weighted by Gasteiger charge is -2.18. The average Bonchev–Trinajstić information content (AvgIpc) is 2.30. The van der Waals surface area contributed by atoms with Gasteiger partial charge in [0.2, 0.25) is 11.9 Å². The summed E-state index contributed by atoms with van der Waals surface area (Å²) in [7, 11) is 0. The first kappa shape index (κ1) is 16.5. The Kier molecular flexibility index (Phi) is 4.91. The smallest absolute Gasteiger partial charge is 0.229 e. The number of nitrogens with one attached hydrogen (secondary N) is 1. The van der Waals surface area contributed by atoms with Gasteiger partial charge in [-0.2, -0.15) is 4.99 Å². The molecule has 7 N–H and O–H groups in total. The molecule has 7 nitrogen and oxygen atoms in total. The van der Waals surface area contributed by atoms with Crippen molar-refractivity contribution in [1.82, 2.24) is 0 Å². The predicted molar refractivity (Wildman–Crippen MR) is 86.4 cm³/mol. The highest BCUT2D eigenvalue weighted by atomic mass is 16.2. The number of nitrogens with zero attached hydrogens (tertiary/aromatic N) is 2. The molecule has 1 rings (SSSR count). The van der Waals surface area contributed by atoms with Crippen LogP contribution < -0.4 is 22.5 Å². The van der Waals surface area contributed by atoms with Crippen molar-refractivity contribution in [2.45, 2.75) is 27.7 Å². The second kappa shape index (κ2) is 6.25. The van der Waals surface area contributed by atoms with Crippen molar-refractivity contribution >= 4 is 29.2 Å². The number of aliphatic imine (C=N–C) groups is 2. The van der Waals surface area contributed by atoms with Gasteiger partial charge < -0.3 is 22.5 Å². The molecule has 0 fully saturated rings. The molecular formula is C14H22N6O. The second-order valence-corrected chi connectivity index (χ2v) is 5.71. The van der Waals surface area contributed by atoms with Crippen LogP contribution in [0.15, 0.2) is 28.2 Å². The number of aryl methyl sites for hydroxylation is 1. The average molecular weight is 290 g/mol. The topological polar surface area (TPSA) is 132 Å². The molecule has 0 aliphatic carbocycles. The number of hydrogen-bond donors (Lipinski definition) is 4. The first-order valence-corrected chi connectivity index (χ1v) is 6.45. The molecular weight excluding hydrogens is 268 g/mol. The maximum Gasteiger partial charge on any atom is 0.229 e. The molecule has 0 atom stereocenters. The normalized spacial score (nSPS) is 11.9. The summed E-state index contributed by atoms with van der Waals surface area (Å²) in [6, 6.07) is 5.27. The molecule has 0 bridgehead atoms. The summed E-state index contributed by atoms with van der Waals surface area (Å²) < 4.78 is 0. The van der Waals surface area contributed by atoms with Crippen molar-refractivity contribution in [2.24, 2.45) is 32.6 Å². The molecule has 0 saturated carbocycles. The minimum atomic E-state index is -0.457. The van der Waals surface area contributed by atoms with Crippen molar-refractivity contribution in [3.63, 3.8) is 0 Å². The SMILES string of the molecule is Cc1cc(N=C(N)N=C(N)N)ccc1NC(=O)C(C)(C)C. The van der Waals surface area contributed by atoms with Crippen LogP contribution in [-0.2, 0) is 4.79 Å². The Morgan fingerprint density at radius 1 is 1.19 bits per heavy atom. The highest BCUT2D eigenvalue weighted by Crippen LogP contribution is 2.24.